The Labute approximate surface area is 98.6 Å². The highest BCUT2D eigenvalue weighted by Crippen LogP contribution is 2.40. The predicted molar refractivity (Wildman–Crippen MR) is 70.6 cm³/mol. The van der Waals surface area contributed by atoms with Crippen LogP contribution in [0.3, 0.4) is 0 Å². The first-order valence-corrected chi connectivity index (χ1v) is 6.31. The van der Waals surface area contributed by atoms with Crippen molar-refractivity contribution in [1.82, 2.24) is 5.32 Å². The standard InChI is InChI=1S/C15H21N/c1-3-16-12(2)7-8-13-5-4-6-15(11-13)14-9-10-14/h4-8,11-12,14,16H,3,9-10H2,1-2H3/b8-7+. The smallest absolute Gasteiger partial charge is 0.0224 e. The van der Waals surface area contributed by atoms with Crippen molar-refractivity contribution in [2.24, 2.45) is 0 Å². The molecule has 2 rings (SSSR count). The van der Waals surface area contributed by atoms with E-state index in [1.807, 2.05) is 0 Å². The Hall–Kier alpha value is -1.08. The maximum atomic E-state index is 3.38. The molecule has 1 fully saturated rings. The molecule has 0 bridgehead atoms. The Bertz CT molecular complexity index is 363. The fraction of sp³-hybridized carbons (Fsp3) is 0.467. The molecule has 0 aromatic heterocycles. The van der Waals surface area contributed by atoms with E-state index in [9.17, 15) is 0 Å². The number of rotatable bonds is 5. The maximum Gasteiger partial charge on any atom is 0.0224 e. The van der Waals surface area contributed by atoms with Crippen molar-refractivity contribution in [1.29, 1.82) is 0 Å². The Kier molecular flexibility index (Phi) is 3.79. The monoisotopic (exact) mass is 215 g/mol. The minimum Gasteiger partial charge on any atom is -0.311 e. The lowest BCUT2D eigenvalue weighted by molar-refractivity contribution is 0.663. The molecular weight excluding hydrogens is 194 g/mol. The van der Waals surface area contributed by atoms with Crippen molar-refractivity contribution in [3.05, 3.63) is 41.5 Å². The van der Waals surface area contributed by atoms with Gasteiger partial charge in [-0.1, -0.05) is 43.3 Å². The van der Waals surface area contributed by atoms with Gasteiger partial charge in [0.2, 0.25) is 0 Å². The molecule has 1 aliphatic carbocycles. The summed E-state index contributed by atoms with van der Waals surface area (Å²) in [4.78, 5) is 0. The van der Waals surface area contributed by atoms with Crippen molar-refractivity contribution in [3.8, 4) is 0 Å². The van der Waals surface area contributed by atoms with E-state index in [0.717, 1.165) is 12.5 Å². The molecule has 86 valence electrons. The summed E-state index contributed by atoms with van der Waals surface area (Å²) in [5.74, 6) is 0.847. The van der Waals surface area contributed by atoms with Crippen LogP contribution >= 0.6 is 0 Å². The average Bonchev–Trinajstić information content (AvgIpc) is 3.11. The van der Waals surface area contributed by atoms with Crippen LogP contribution in [0.25, 0.3) is 6.08 Å². The van der Waals surface area contributed by atoms with E-state index in [1.54, 1.807) is 0 Å². The van der Waals surface area contributed by atoms with E-state index in [-0.39, 0.29) is 0 Å². The highest BCUT2D eigenvalue weighted by molar-refractivity contribution is 5.51. The van der Waals surface area contributed by atoms with Gasteiger partial charge < -0.3 is 5.32 Å². The molecule has 1 unspecified atom stereocenters. The Morgan fingerprint density at radius 1 is 1.44 bits per heavy atom. The van der Waals surface area contributed by atoms with Crippen molar-refractivity contribution in [2.45, 2.75) is 38.6 Å². The third kappa shape index (κ3) is 3.21. The largest absolute Gasteiger partial charge is 0.311 e. The van der Waals surface area contributed by atoms with Gasteiger partial charge in [-0.25, -0.2) is 0 Å². The molecule has 1 nitrogen and oxygen atoms in total. The van der Waals surface area contributed by atoms with Crippen LogP contribution in [-0.2, 0) is 0 Å². The summed E-state index contributed by atoms with van der Waals surface area (Å²) in [7, 11) is 0. The molecule has 16 heavy (non-hydrogen) atoms. The van der Waals surface area contributed by atoms with Crippen molar-refractivity contribution in [2.75, 3.05) is 6.54 Å². The third-order valence-electron chi connectivity index (χ3n) is 3.06. The summed E-state index contributed by atoms with van der Waals surface area (Å²) in [6.07, 6.45) is 7.20. The number of benzene rings is 1. The molecule has 1 heteroatoms. The molecule has 0 amide bonds. The third-order valence-corrected chi connectivity index (χ3v) is 3.06. The van der Waals surface area contributed by atoms with Crippen LogP contribution in [0, 0.1) is 0 Å². The van der Waals surface area contributed by atoms with Crippen LogP contribution in [0.15, 0.2) is 30.3 Å². The fourth-order valence-electron chi connectivity index (χ4n) is 1.98. The zero-order valence-corrected chi connectivity index (χ0v) is 10.2. The van der Waals surface area contributed by atoms with Gasteiger partial charge in [-0.15, -0.1) is 0 Å². The average molecular weight is 215 g/mol. The van der Waals surface area contributed by atoms with E-state index in [4.69, 9.17) is 0 Å². The lowest BCUT2D eigenvalue weighted by Crippen LogP contribution is -2.22. The van der Waals surface area contributed by atoms with Gasteiger partial charge in [-0.05, 0) is 43.4 Å². The molecule has 1 aromatic carbocycles. The molecule has 1 N–H and O–H groups in total. The molecule has 1 atom stereocenters. The van der Waals surface area contributed by atoms with Crippen LogP contribution in [0.2, 0.25) is 0 Å². The van der Waals surface area contributed by atoms with Crippen molar-refractivity contribution >= 4 is 6.08 Å². The number of hydrogen-bond acceptors (Lipinski definition) is 1. The van der Waals surface area contributed by atoms with Gasteiger partial charge in [0.05, 0.1) is 0 Å². The molecule has 1 aromatic rings. The Morgan fingerprint density at radius 3 is 2.94 bits per heavy atom. The second kappa shape index (κ2) is 5.31. The zero-order chi connectivity index (χ0) is 11.4. The van der Waals surface area contributed by atoms with Gasteiger partial charge in [0.25, 0.3) is 0 Å². The summed E-state index contributed by atoms with van der Waals surface area (Å²) in [6, 6.07) is 9.39. The van der Waals surface area contributed by atoms with Gasteiger partial charge in [0, 0.05) is 6.04 Å². The van der Waals surface area contributed by atoms with Gasteiger partial charge in [-0.2, -0.15) is 0 Å². The minimum absolute atomic E-state index is 0.453. The first-order chi connectivity index (χ1) is 7.79. The first kappa shape index (κ1) is 11.4. The van der Waals surface area contributed by atoms with Gasteiger partial charge in [0.1, 0.15) is 0 Å². The molecule has 0 radical (unpaired) electrons. The second-order valence-corrected chi connectivity index (χ2v) is 4.65. The Morgan fingerprint density at radius 2 is 2.25 bits per heavy atom. The summed E-state index contributed by atoms with van der Waals surface area (Å²) >= 11 is 0. The molecule has 0 heterocycles. The predicted octanol–water partition coefficient (Wildman–Crippen LogP) is 3.58. The van der Waals surface area contributed by atoms with E-state index in [2.05, 4.69) is 55.6 Å². The lowest BCUT2D eigenvalue weighted by atomic mass is 10.1. The van der Waals surface area contributed by atoms with E-state index in [1.165, 1.54) is 24.0 Å². The van der Waals surface area contributed by atoms with E-state index >= 15 is 0 Å². The summed E-state index contributed by atoms with van der Waals surface area (Å²) < 4.78 is 0. The lowest BCUT2D eigenvalue weighted by Gasteiger charge is -2.06. The van der Waals surface area contributed by atoms with Crippen LogP contribution < -0.4 is 5.32 Å². The number of nitrogens with one attached hydrogen (secondary N) is 1. The van der Waals surface area contributed by atoms with Gasteiger partial charge >= 0.3 is 0 Å². The molecule has 0 spiro atoms. The normalized spacial score (nSPS) is 17.9. The number of hydrogen-bond donors (Lipinski definition) is 1. The highest BCUT2D eigenvalue weighted by Gasteiger charge is 2.22. The fourth-order valence-corrected chi connectivity index (χ4v) is 1.98. The highest BCUT2D eigenvalue weighted by atomic mass is 14.9. The molecule has 1 saturated carbocycles. The summed E-state index contributed by atoms with van der Waals surface area (Å²) in [5, 5.41) is 3.38. The van der Waals surface area contributed by atoms with Crippen LogP contribution in [0.5, 0.6) is 0 Å². The SMILES string of the molecule is CCNC(C)/C=C/c1cccc(C2CC2)c1. The van der Waals surface area contributed by atoms with Crippen LogP contribution in [0.4, 0.5) is 0 Å². The molecular formula is C15H21N. The maximum absolute atomic E-state index is 3.38. The molecule has 1 aliphatic rings. The van der Waals surface area contributed by atoms with Crippen LogP contribution in [0.1, 0.15) is 43.7 Å². The summed E-state index contributed by atoms with van der Waals surface area (Å²) in [5.41, 5.74) is 2.84. The van der Waals surface area contributed by atoms with Crippen molar-refractivity contribution < 1.29 is 0 Å². The zero-order valence-electron chi connectivity index (χ0n) is 10.2. The quantitative estimate of drug-likeness (QED) is 0.791. The van der Waals surface area contributed by atoms with E-state index < -0.39 is 0 Å². The van der Waals surface area contributed by atoms with Gasteiger partial charge in [0.15, 0.2) is 0 Å². The molecule has 0 aliphatic heterocycles. The van der Waals surface area contributed by atoms with Gasteiger partial charge in [-0.3, -0.25) is 0 Å². The summed E-state index contributed by atoms with van der Waals surface area (Å²) in [6.45, 7) is 5.34. The van der Waals surface area contributed by atoms with Crippen molar-refractivity contribution in [3.63, 3.8) is 0 Å². The first-order valence-electron chi connectivity index (χ1n) is 6.31. The van der Waals surface area contributed by atoms with Crippen LogP contribution in [-0.4, -0.2) is 12.6 Å². The number of likely N-dealkylation sites (N-methyl/N-ethyl adjacent to an activating group) is 1. The minimum atomic E-state index is 0.453. The van der Waals surface area contributed by atoms with E-state index in [0.29, 0.717) is 6.04 Å². The topological polar surface area (TPSA) is 12.0 Å². The second-order valence-electron chi connectivity index (χ2n) is 4.65. The Balaban J connectivity index is 2.00. The molecule has 0 saturated heterocycles.